The van der Waals surface area contributed by atoms with Crippen LogP contribution in [0, 0.1) is 11.8 Å². The highest BCUT2D eigenvalue weighted by atomic mass is 16.6. The van der Waals surface area contributed by atoms with Crippen LogP contribution in [0.2, 0.25) is 0 Å². The average molecular weight is 591 g/mol. The van der Waals surface area contributed by atoms with Crippen molar-refractivity contribution >= 4 is 21.5 Å². The molecule has 0 saturated carbocycles. The molecule has 0 radical (unpaired) electrons. The van der Waals surface area contributed by atoms with Crippen LogP contribution in [0.15, 0.2) is 108 Å². The molecule has 4 aromatic carbocycles. The van der Waals surface area contributed by atoms with E-state index in [2.05, 4.69) is 61.5 Å². The van der Waals surface area contributed by atoms with Gasteiger partial charge in [-0.1, -0.05) is 31.2 Å². The summed E-state index contributed by atoms with van der Waals surface area (Å²) in [6.07, 6.45) is 8.91. The van der Waals surface area contributed by atoms with E-state index in [-0.39, 0.29) is 12.2 Å². The lowest BCUT2D eigenvalue weighted by Gasteiger charge is -2.32. The van der Waals surface area contributed by atoms with Crippen LogP contribution < -0.4 is 14.2 Å². The van der Waals surface area contributed by atoms with Gasteiger partial charge in [0.15, 0.2) is 0 Å². The Morgan fingerprint density at radius 3 is 2.02 bits per heavy atom. The molecule has 1 saturated heterocycles. The van der Waals surface area contributed by atoms with Crippen molar-refractivity contribution in [3.63, 3.8) is 0 Å². The smallest absolute Gasteiger partial charge is 0.128 e. The van der Waals surface area contributed by atoms with Gasteiger partial charge in [0, 0.05) is 13.5 Å². The fourth-order valence-corrected chi connectivity index (χ4v) is 5.91. The number of hydrogen-bond acceptors (Lipinski definition) is 6. The highest BCUT2D eigenvalue weighted by Crippen LogP contribution is 2.39. The van der Waals surface area contributed by atoms with Gasteiger partial charge < -0.3 is 28.4 Å². The second-order valence-electron chi connectivity index (χ2n) is 12.0. The third-order valence-electron chi connectivity index (χ3n) is 8.61. The molecule has 2 aliphatic carbocycles. The van der Waals surface area contributed by atoms with Crippen molar-refractivity contribution in [2.75, 3.05) is 26.9 Å². The molecule has 3 aliphatic rings. The van der Waals surface area contributed by atoms with Crippen molar-refractivity contribution in [3.05, 3.63) is 108 Å². The molecule has 0 N–H and O–H groups in total. The zero-order valence-electron chi connectivity index (χ0n) is 25.5. The van der Waals surface area contributed by atoms with Crippen LogP contribution in [0.1, 0.15) is 26.7 Å². The van der Waals surface area contributed by atoms with Gasteiger partial charge in [0.1, 0.15) is 48.1 Å². The van der Waals surface area contributed by atoms with Crippen molar-refractivity contribution in [2.45, 2.75) is 38.9 Å². The first-order valence-electron chi connectivity index (χ1n) is 15.5. The van der Waals surface area contributed by atoms with Crippen LogP contribution >= 0.6 is 0 Å². The molecule has 0 bridgehead atoms. The number of benzene rings is 4. The van der Waals surface area contributed by atoms with E-state index in [1.54, 1.807) is 7.11 Å². The number of fused-ring (bicyclic) bond motifs is 3. The standard InChI is InChI=1S/C38H38O6/c1-24-14-36(20-30-19-32(12-13-38(24)30)40-21-25(2)39-3)44-35-11-7-27-6-10-34(17-29(27)18-35)43-33-9-5-26-4-8-31(15-28(26)16-33)41-22-37-23-42-37/h4-11,14-20,24-25,37-38H,12-13,21-23H2,1-3H3. The van der Waals surface area contributed by atoms with Crippen LogP contribution in [0.5, 0.6) is 23.0 Å². The Hall–Kier alpha value is -4.26. The molecule has 6 heteroatoms. The third kappa shape index (κ3) is 6.62. The Morgan fingerprint density at radius 1 is 0.773 bits per heavy atom. The topological polar surface area (TPSA) is 58.7 Å². The van der Waals surface area contributed by atoms with Crippen molar-refractivity contribution < 1.29 is 28.4 Å². The molecule has 0 spiro atoms. The van der Waals surface area contributed by atoms with E-state index < -0.39 is 0 Å². The van der Waals surface area contributed by atoms with E-state index in [1.165, 1.54) is 5.57 Å². The van der Waals surface area contributed by atoms with Gasteiger partial charge in [-0.05, 0) is 119 Å². The third-order valence-corrected chi connectivity index (χ3v) is 8.61. The first-order valence-corrected chi connectivity index (χ1v) is 15.5. The maximum Gasteiger partial charge on any atom is 0.128 e. The molecule has 1 aliphatic heterocycles. The fourth-order valence-electron chi connectivity index (χ4n) is 5.91. The Morgan fingerprint density at radius 2 is 1.39 bits per heavy atom. The van der Waals surface area contributed by atoms with E-state index in [1.807, 2.05) is 43.3 Å². The number of ether oxygens (including phenoxy) is 6. The number of methoxy groups -OCH3 is 1. The van der Waals surface area contributed by atoms with E-state index in [4.69, 9.17) is 28.4 Å². The van der Waals surface area contributed by atoms with E-state index in [9.17, 15) is 0 Å². The second kappa shape index (κ2) is 12.4. The largest absolute Gasteiger partial charge is 0.495 e. The Labute approximate surface area is 258 Å². The normalized spacial score (nSPS) is 21.5. The number of rotatable bonds is 11. The second-order valence-corrected chi connectivity index (χ2v) is 12.0. The average Bonchev–Trinajstić information content (AvgIpc) is 3.87. The van der Waals surface area contributed by atoms with Crippen LogP contribution in [0.3, 0.4) is 0 Å². The molecule has 7 rings (SSSR count). The molecule has 226 valence electrons. The lowest BCUT2D eigenvalue weighted by molar-refractivity contribution is 0.0415. The van der Waals surface area contributed by atoms with Gasteiger partial charge in [-0.15, -0.1) is 0 Å². The van der Waals surface area contributed by atoms with Crippen LogP contribution in [-0.2, 0) is 14.2 Å². The molecule has 0 aromatic heterocycles. The fraction of sp³-hybridized carbons (Fsp3) is 0.316. The monoisotopic (exact) mass is 590 g/mol. The Balaban J connectivity index is 1.06. The zero-order chi connectivity index (χ0) is 30.0. The summed E-state index contributed by atoms with van der Waals surface area (Å²) in [4.78, 5) is 0. The minimum Gasteiger partial charge on any atom is -0.495 e. The first-order chi connectivity index (χ1) is 21.5. The minimum atomic E-state index is 0.0684. The van der Waals surface area contributed by atoms with E-state index in [0.717, 1.165) is 75.5 Å². The van der Waals surface area contributed by atoms with Crippen molar-refractivity contribution in [1.29, 1.82) is 0 Å². The van der Waals surface area contributed by atoms with Crippen LogP contribution in [0.4, 0.5) is 0 Å². The molecule has 4 unspecified atom stereocenters. The summed E-state index contributed by atoms with van der Waals surface area (Å²) >= 11 is 0. The molecule has 1 heterocycles. The summed E-state index contributed by atoms with van der Waals surface area (Å²) in [6, 6.07) is 24.5. The highest BCUT2D eigenvalue weighted by Gasteiger charge is 2.28. The van der Waals surface area contributed by atoms with Crippen molar-refractivity contribution in [1.82, 2.24) is 0 Å². The number of epoxide rings is 1. The van der Waals surface area contributed by atoms with Gasteiger partial charge in [-0.2, -0.15) is 0 Å². The molecule has 4 atom stereocenters. The summed E-state index contributed by atoms with van der Waals surface area (Å²) < 4.78 is 35.2. The van der Waals surface area contributed by atoms with Gasteiger partial charge in [0.05, 0.1) is 18.5 Å². The molecule has 44 heavy (non-hydrogen) atoms. The predicted molar refractivity (Wildman–Crippen MR) is 172 cm³/mol. The van der Waals surface area contributed by atoms with Gasteiger partial charge >= 0.3 is 0 Å². The van der Waals surface area contributed by atoms with Crippen molar-refractivity contribution in [3.8, 4) is 23.0 Å². The molecule has 6 nitrogen and oxygen atoms in total. The summed E-state index contributed by atoms with van der Waals surface area (Å²) in [7, 11) is 1.71. The Kier molecular flexibility index (Phi) is 8.03. The maximum absolute atomic E-state index is 6.42. The summed E-state index contributed by atoms with van der Waals surface area (Å²) in [5.74, 6) is 5.93. The summed E-state index contributed by atoms with van der Waals surface area (Å²) in [6.45, 7) is 6.21. The Bertz CT molecular complexity index is 1760. The highest BCUT2D eigenvalue weighted by molar-refractivity contribution is 5.86. The van der Waals surface area contributed by atoms with E-state index in [0.29, 0.717) is 25.0 Å². The maximum atomic E-state index is 6.42. The lowest BCUT2D eigenvalue weighted by atomic mass is 9.76. The zero-order valence-corrected chi connectivity index (χ0v) is 25.5. The van der Waals surface area contributed by atoms with Crippen molar-refractivity contribution in [2.24, 2.45) is 11.8 Å². The molecule has 4 aromatic rings. The molecule has 0 amide bonds. The SMILES string of the molecule is COC(C)COC1=CC2=CC(Oc3ccc4ccc(Oc5ccc6ccc(OCC7CO7)cc6c5)cc4c3)=CC(C)C2CC1. The quantitative estimate of drug-likeness (QED) is 0.163. The molecule has 1 fully saturated rings. The molecular weight excluding hydrogens is 552 g/mol. The predicted octanol–water partition coefficient (Wildman–Crippen LogP) is 8.75. The van der Waals surface area contributed by atoms with Gasteiger partial charge in [0.2, 0.25) is 0 Å². The van der Waals surface area contributed by atoms with Crippen LogP contribution in [-0.4, -0.2) is 39.1 Å². The number of allylic oxidation sites excluding steroid dienone is 5. The van der Waals surface area contributed by atoms with Gasteiger partial charge in [-0.25, -0.2) is 0 Å². The molecular formula is C38H38O6. The first kappa shape index (κ1) is 28.5. The summed E-state index contributed by atoms with van der Waals surface area (Å²) in [5, 5.41) is 4.37. The van der Waals surface area contributed by atoms with E-state index >= 15 is 0 Å². The number of hydrogen-bond donors (Lipinski definition) is 0. The summed E-state index contributed by atoms with van der Waals surface area (Å²) in [5.41, 5.74) is 1.27. The van der Waals surface area contributed by atoms with Gasteiger partial charge in [-0.3, -0.25) is 0 Å². The van der Waals surface area contributed by atoms with Gasteiger partial charge in [0.25, 0.3) is 0 Å². The lowest BCUT2D eigenvalue weighted by Crippen LogP contribution is -2.22. The minimum absolute atomic E-state index is 0.0684. The van der Waals surface area contributed by atoms with Crippen LogP contribution in [0.25, 0.3) is 21.5 Å².